The molecule has 1 aliphatic rings. The Morgan fingerprint density at radius 1 is 1.12 bits per heavy atom. The maximum Gasteiger partial charge on any atom is 0.218 e. The largest absolute Gasteiger partial charge is 0.389 e. The van der Waals surface area contributed by atoms with Gasteiger partial charge >= 0.3 is 0 Å². The lowest BCUT2D eigenvalue weighted by Gasteiger charge is -2.15. The van der Waals surface area contributed by atoms with Gasteiger partial charge in [-0.1, -0.05) is 30.3 Å². The second-order valence-corrected chi connectivity index (χ2v) is 6.16. The highest BCUT2D eigenvalue weighted by molar-refractivity contribution is 7.88. The lowest BCUT2D eigenvalue weighted by Crippen LogP contribution is -2.31. The van der Waals surface area contributed by atoms with E-state index in [0.717, 1.165) is 4.31 Å². The van der Waals surface area contributed by atoms with Crippen LogP contribution in [-0.2, 0) is 15.8 Å². The van der Waals surface area contributed by atoms with E-state index < -0.39 is 22.2 Å². The molecular weight excluding hydrogens is 242 g/mol. The molecule has 0 saturated carbocycles. The highest BCUT2D eigenvalue weighted by atomic mass is 32.2. The van der Waals surface area contributed by atoms with Crippen LogP contribution in [0.25, 0.3) is 0 Å². The average molecular weight is 257 g/mol. The minimum Gasteiger partial charge on any atom is -0.389 e. The topological polar surface area (TPSA) is 77.8 Å². The van der Waals surface area contributed by atoms with Crippen LogP contribution in [0.4, 0.5) is 0 Å². The molecule has 1 saturated heterocycles. The number of sulfonamides is 1. The Labute approximate surface area is 100 Å². The van der Waals surface area contributed by atoms with Gasteiger partial charge in [0, 0.05) is 13.1 Å². The molecule has 17 heavy (non-hydrogen) atoms. The zero-order valence-corrected chi connectivity index (χ0v) is 10.0. The van der Waals surface area contributed by atoms with Gasteiger partial charge in [-0.25, -0.2) is 8.42 Å². The summed E-state index contributed by atoms with van der Waals surface area (Å²) in [4.78, 5) is 0. The lowest BCUT2D eigenvalue weighted by atomic mass is 10.2. The SMILES string of the molecule is O=S(=O)(Cc1ccccc1)N1CC(O)C(O)C1. The summed E-state index contributed by atoms with van der Waals surface area (Å²) in [5.41, 5.74) is 0.698. The van der Waals surface area contributed by atoms with Crippen LogP contribution in [0.15, 0.2) is 30.3 Å². The molecule has 0 radical (unpaired) electrons. The van der Waals surface area contributed by atoms with Crippen LogP contribution in [0, 0.1) is 0 Å². The molecule has 1 aliphatic heterocycles. The first-order valence-electron chi connectivity index (χ1n) is 5.37. The fourth-order valence-corrected chi connectivity index (χ4v) is 3.39. The average Bonchev–Trinajstić information content (AvgIpc) is 2.61. The fourth-order valence-electron chi connectivity index (χ4n) is 1.84. The standard InChI is InChI=1S/C11H15NO4S/c13-10-6-12(7-11(10)14)17(15,16)8-9-4-2-1-3-5-9/h1-5,10-11,13-14H,6-8H2. The third-order valence-corrected chi connectivity index (χ3v) is 4.59. The van der Waals surface area contributed by atoms with Crippen molar-refractivity contribution in [1.29, 1.82) is 0 Å². The molecule has 1 fully saturated rings. The van der Waals surface area contributed by atoms with Gasteiger partial charge in [0.05, 0.1) is 18.0 Å². The zero-order chi connectivity index (χ0) is 12.5. The Hall–Kier alpha value is -0.950. The smallest absolute Gasteiger partial charge is 0.218 e. The number of hydrogen-bond acceptors (Lipinski definition) is 4. The van der Waals surface area contributed by atoms with Crippen molar-refractivity contribution in [3.8, 4) is 0 Å². The van der Waals surface area contributed by atoms with E-state index >= 15 is 0 Å². The highest BCUT2D eigenvalue weighted by Gasteiger charge is 2.36. The van der Waals surface area contributed by atoms with Crippen LogP contribution >= 0.6 is 0 Å². The summed E-state index contributed by atoms with van der Waals surface area (Å²) >= 11 is 0. The predicted octanol–water partition coefficient (Wildman–Crippen LogP) is -0.446. The minimum absolute atomic E-state index is 0.0314. The van der Waals surface area contributed by atoms with E-state index in [1.165, 1.54) is 0 Å². The van der Waals surface area contributed by atoms with E-state index in [2.05, 4.69) is 0 Å². The van der Waals surface area contributed by atoms with Crippen molar-refractivity contribution in [2.45, 2.75) is 18.0 Å². The molecule has 0 aliphatic carbocycles. The Balaban J connectivity index is 2.10. The van der Waals surface area contributed by atoms with Gasteiger partial charge in [0.2, 0.25) is 10.0 Å². The lowest BCUT2D eigenvalue weighted by molar-refractivity contribution is 0.0572. The molecule has 0 bridgehead atoms. The molecule has 1 aromatic rings. The third-order valence-electron chi connectivity index (χ3n) is 2.81. The van der Waals surface area contributed by atoms with E-state index in [0.29, 0.717) is 5.56 Å². The molecule has 2 atom stereocenters. The van der Waals surface area contributed by atoms with Gasteiger partial charge in [-0.05, 0) is 5.56 Å². The Bertz CT molecular complexity index is 464. The predicted molar refractivity (Wildman–Crippen MR) is 62.7 cm³/mol. The quantitative estimate of drug-likeness (QED) is 0.769. The molecule has 0 aromatic heterocycles. The fraction of sp³-hybridized carbons (Fsp3) is 0.455. The number of β-amino-alcohol motifs (C(OH)–C–C–N with tert-alkyl or cyclic N) is 2. The summed E-state index contributed by atoms with van der Waals surface area (Å²) in [6, 6.07) is 8.84. The number of hydrogen-bond donors (Lipinski definition) is 2. The molecule has 2 N–H and O–H groups in total. The summed E-state index contributed by atoms with van der Waals surface area (Å²) in [6.45, 7) is -0.0628. The summed E-state index contributed by atoms with van der Waals surface area (Å²) in [5, 5.41) is 18.7. The summed E-state index contributed by atoms with van der Waals surface area (Å²) < 4.78 is 25.1. The Morgan fingerprint density at radius 3 is 2.18 bits per heavy atom. The number of aliphatic hydroxyl groups is 2. The molecule has 0 spiro atoms. The molecule has 2 rings (SSSR count). The van der Waals surface area contributed by atoms with Crippen LogP contribution in [-0.4, -0.2) is 48.2 Å². The van der Waals surface area contributed by atoms with Crippen molar-refractivity contribution in [2.24, 2.45) is 0 Å². The minimum atomic E-state index is -3.47. The van der Waals surface area contributed by atoms with Crippen LogP contribution in [0.5, 0.6) is 0 Å². The maximum absolute atomic E-state index is 12.0. The van der Waals surface area contributed by atoms with Gasteiger partial charge < -0.3 is 10.2 Å². The molecule has 5 nitrogen and oxygen atoms in total. The number of nitrogens with zero attached hydrogens (tertiary/aromatic N) is 1. The van der Waals surface area contributed by atoms with E-state index in [4.69, 9.17) is 0 Å². The second kappa shape index (κ2) is 4.73. The third kappa shape index (κ3) is 2.84. The van der Waals surface area contributed by atoms with E-state index in [1.807, 2.05) is 6.07 Å². The van der Waals surface area contributed by atoms with Gasteiger partial charge in [0.1, 0.15) is 0 Å². The van der Waals surface area contributed by atoms with Gasteiger partial charge in [-0.15, -0.1) is 0 Å². The van der Waals surface area contributed by atoms with Gasteiger partial charge in [-0.2, -0.15) is 4.31 Å². The van der Waals surface area contributed by atoms with Crippen LogP contribution in [0.3, 0.4) is 0 Å². The van der Waals surface area contributed by atoms with Gasteiger partial charge in [0.15, 0.2) is 0 Å². The van der Waals surface area contributed by atoms with Crippen molar-refractivity contribution in [3.63, 3.8) is 0 Å². The molecule has 2 unspecified atom stereocenters. The van der Waals surface area contributed by atoms with Crippen molar-refractivity contribution in [3.05, 3.63) is 35.9 Å². The second-order valence-electron chi connectivity index (χ2n) is 4.19. The van der Waals surface area contributed by atoms with Crippen LogP contribution in [0.1, 0.15) is 5.56 Å². The van der Waals surface area contributed by atoms with Crippen molar-refractivity contribution in [1.82, 2.24) is 4.31 Å². The van der Waals surface area contributed by atoms with Crippen molar-refractivity contribution in [2.75, 3.05) is 13.1 Å². The first-order valence-corrected chi connectivity index (χ1v) is 6.98. The molecule has 1 heterocycles. The number of benzene rings is 1. The number of rotatable bonds is 3. The summed E-state index contributed by atoms with van der Waals surface area (Å²) in [6.07, 6.45) is -1.97. The van der Waals surface area contributed by atoms with Crippen molar-refractivity contribution >= 4 is 10.0 Å². The highest BCUT2D eigenvalue weighted by Crippen LogP contribution is 2.17. The molecule has 6 heteroatoms. The maximum atomic E-state index is 12.0. The van der Waals surface area contributed by atoms with Crippen LogP contribution in [0.2, 0.25) is 0 Å². The first kappa shape index (κ1) is 12.5. The van der Waals surface area contributed by atoms with Gasteiger partial charge in [-0.3, -0.25) is 0 Å². The van der Waals surface area contributed by atoms with E-state index in [1.54, 1.807) is 24.3 Å². The molecule has 1 aromatic carbocycles. The molecular formula is C11H15NO4S. The van der Waals surface area contributed by atoms with Gasteiger partial charge in [0.25, 0.3) is 0 Å². The zero-order valence-electron chi connectivity index (χ0n) is 9.23. The monoisotopic (exact) mass is 257 g/mol. The van der Waals surface area contributed by atoms with Crippen molar-refractivity contribution < 1.29 is 18.6 Å². The molecule has 0 amide bonds. The first-order chi connectivity index (χ1) is 7.99. The summed E-state index contributed by atoms with van der Waals surface area (Å²) in [7, 11) is -3.47. The van der Waals surface area contributed by atoms with E-state index in [-0.39, 0.29) is 18.8 Å². The normalized spacial score (nSPS) is 26.2. The summed E-state index contributed by atoms with van der Waals surface area (Å²) in [5.74, 6) is -0.104. The number of aliphatic hydroxyl groups excluding tert-OH is 2. The van der Waals surface area contributed by atoms with E-state index in [9.17, 15) is 18.6 Å². The Morgan fingerprint density at radius 2 is 1.65 bits per heavy atom. The molecule has 94 valence electrons. The van der Waals surface area contributed by atoms with Crippen LogP contribution < -0.4 is 0 Å². The Kier molecular flexibility index (Phi) is 3.48.